The number of hydrogen-bond acceptors (Lipinski definition) is 3. The maximum atomic E-state index is 13.9. The molecule has 0 radical (unpaired) electrons. The zero-order valence-corrected chi connectivity index (χ0v) is 13.5. The maximum Gasteiger partial charge on any atom is 0.256 e. The normalized spacial score (nSPS) is 21.6. The van der Waals surface area contributed by atoms with Gasteiger partial charge in [-0.25, -0.2) is 4.39 Å². The van der Waals surface area contributed by atoms with Gasteiger partial charge in [0, 0.05) is 37.7 Å². The predicted octanol–water partition coefficient (Wildman–Crippen LogP) is 1.37. The number of benzene rings is 1. The van der Waals surface area contributed by atoms with Crippen LogP contribution >= 0.6 is 11.6 Å². The number of halogens is 2. The van der Waals surface area contributed by atoms with E-state index < -0.39 is 5.82 Å². The molecule has 1 N–H and O–H groups in total. The smallest absolute Gasteiger partial charge is 0.256 e. The third-order valence-electron chi connectivity index (χ3n) is 4.45. The molecule has 7 heteroatoms. The van der Waals surface area contributed by atoms with Crippen molar-refractivity contribution in [2.75, 3.05) is 39.3 Å². The fraction of sp³-hybridized carbons (Fsp3) is 0.500. The lowest BCUT2D eigenvalue weighted by molar-refractivity contribution is -0.136. The summed E-state index contributed by atoms with van der Waals surface area (Å²) in [5.41, 5.74) is 0.0224. The van der Waals surface area contributed by atoms with E-state index in [9.17, 15) is 14.0 Å². The Bertz CT molecular complexity index is 611. The first-order valence-corrected chi connectivity index (χ1v) is 8.18. The number of piperazine rings is 1. The van der Waals surface area contributed by atoms with Crippen molar-refractivity contribution < 1.29 is 14.0 Å². The summed E-state index contributed by atoms with van der Waals surface area (Å²) in [7, 11) is 0. The number of rotatable bonds is 2. The zero-order valence-electron chi connectivity index (χ0n) is 12.7. The summed E-state index contributed by atoms with van der Waals surface area (Å²) >= 11 is 5.71. The van der Waals surface area contributed by atoms with Crippen LogP contribution < -0.4 is 5.32 Å². The summed E-state index contributed by atoms with van der Waals surface area (Å²) in [5, 5.41) is 3.45. The first-order valence-electron chi connectivity index (χ1n) is 7.80. The first-order chi connectivity index (χ1) is 11.1. The predicted molar refractivity (Wildman–Crippen MR) is 84.9 cm³/mol. The second kappa shape index (κ2) is 6.84. The van der Waals surface area contributed by atoms with Crippen LogP contribution in [-0.2, 0) is 4.79 Å². The molecular weight excluding hydrogens is 321 g/mol. The van der Waals surface area contributed by atoms with Crippen LogP contribution in [-0.4, -0.2) is 60.9 Å². The molecular formula is C16H19ClFN3O2. The Morgan fingerprint density at radius 1 is 1.17 bits per heavy atom. The third-order valence-corrected chi connectivity index (χ3v) is 4.68. The topological polar surface area (TPSA) is 52.7 Å². The first kappa shape index (κ1) is 16.2. The summed E-state index contributed by atoms with van der Waals surface area (Å²) in [6, 6.07) is 4.05. The van der Waals surface area contributed by atoms with Crippen LogP contribution in [0.2, 0.25) is 5.02 Å². The van der Waals surface area contributed by atoms with Gasteiger partial charge in [0.05, 0.1) is 11.5 Å². The van der Waals surface area contributed by atoms with Crippen LogP contribution in [0.3, 0.4) is 0 Å². The van der Waals surface area contributed by atoms with Crippen molar-refractivity contribution >= 4 is 23.4 Å². The van der Waals surface area contributed by atoms with Crippen molar-refractivity contribution in [3.8, 4) is 0 Å². The molecule has 0 saturated carbocycles. The largest absolute Gasteiger partial charge is 0.339 e. The average Bonchev–Trinajstić information content (AvgIpc) is 3.08. The Balaban J connectivity index is 1.60. The van der Waals surface area contributed by atoms with Gasteiger partial charge in [0.1, 0.15) is 5.82 Å². The molecule has 2 saturated heterocycles. The van der Waals surface area contributed by atoms with E-state index in [1.165, 1.54) is 12.1 Å². The Morgan fingerprint density at radius 3 is 2.48 bits per heavy atom. The van der Waals surface area contributed by atoms with E-state index in [0.717, 1.165) is 25.6 Å². The minimum atomic E-state index is -0.613. The summed E-state index contributed by atoms with van der Waals surface area (Å²) in [5.74, 6) is -0.766. The second-order valence-corrected chi connectivity index (χ2v) is 6.37. The van der Waals surface area contributed by atoms with E-state index >= 15 is 0 Å². The van der Waals surface area contributed by atoms with Crippen molar-refractivity contribution in [2.24, 2.45) is 5.92 Å². The summed E-state index contributed by atoms with van der Waals surface area (Å²) in [6.07, 6.45) is 0.869. The summed E-state index contributed by atoms with van der Waals surface area (Å²) in [6.45, 7) is 3.45. The lowest BCUT2D eigenvalue weighted by Gasteiger charge is -2.36. The van der Waals surface area contributed by atoms with Crippen LogP contribution in [0.25, 0.3) is 0 Å². The molecule has 3 rings (SSSR count). The van der Waals surface area contributed by atoms with Crippen molar-refractivity contribution in [1.82, 2.24) is 15.1 Å². The molecule has 124 valence electrons. The van der Waals surface area contributed by atoms with Crippen LogP contribution in [0.1, 0.15) is 16.8 Å². The fourth-order valence-corrected chi connectivity index (χ4v) is 3.25. The van der Waals surface area contributed by atoms with Crippen molar-refractivity contribution in [3.05, 3.63) is 34.6 Å². The molecule has 2 fully saturated rings. The molecule has 2 heterocycles. The highest BCUT2D eigenvalue weighted by Gasteiger charge is 2.31. The molecule has 2 amide bonds. The fourth-order valence-electron chi connectivity index (χ4n) is 3.09. The second-order valence-electron chi connectivity index (χ2n) is 5.93. The minimum Gasteiger partial charge on any atom is -0.339 e. The highest BCUT2D eigenvalue weighted by Crippen LogP contribution is 2.18. The quantitative estimate of drug-likeness (QED) is 0.885. The van der Waals surface area contributed by atoms with Gasteiger partial charge in [-0.2, -0.15) is 0 Å². The molecule has 23 heavy (non-hydrogen) atoms. The van der Waals surface area contributed by atoms with Gasteiger partial charge < -0.3 is 15.1 Å². The lowest BCUT2D eigenvalue weighted by atomic mass is 10.1. The van der Waals surface area contributed by atoms with E-state index in [1.54, 1.807) is 9.80 Å². The third kappa shape index (κ3) is 3.48. The zero-order chi connectivity index (χ0) is 16.4. The Kier molecular flexibility index (Phi) is 4.82. The van der Waals surface area contributed by atoms with E-state index in [-0.39, 0.29) is 28.3 Å². The van der Waals surface area contributed by atoms with Gasteiger partial charge >= 0.3 is 0 Å². The molecule has 0 aromatic heterocycles. The SMILES string of the molecule is O=C(c1ccc(Cl)cc1F)N1CCN(C(=O)C2CCNC2)CC1. The molecule has 2 aliphatic rings. The number of hydrogen-bond donors (Lipinski definition) is 1. The molecule has 1 unspecified atom stereocenters. The Morgan fingerprint density at radius 2 is 1.87 bits per heavy atom. The number of amides is 2. The molecule has 0 aliphatic carbocycles. The van der Waals surface area contributed by atoms with Crippen molar-refractivity contribution in [3.63, 3.8) is 0 Å². The molecule has 0 spiro atoms. The molecule has 1 aromatic carbocycles. The standard InChI is InChI=1S/C16H19ClFN3O2/c17-12-1-2-13(14(18)9-12)16(23)21-7-5-20(6-8-21)15(22)11-3-4-19-10-11/h1-2,9,11,19H,3-8,10H2. The molecule has 0 bridgehead atoms. The van der Waals surface area contributed by atoms with E-state index in [2.05, 4.69) is 5.32 Å². The highest BCUT2D eigenvalue weighted by atomic mass is 35.5. The van der Waals surface area contributed by atoms with Crippen LogP contribution in [0.4, 0.5) is 4.39 Å². The number of nitrogens with one attached hydrogen (secondary N) is 1. The van der Waals surface area contributed by atoms with Crippen LogP contribution in [0.5, 0.6) is 0 Å². The average molecular weight is 340 g/mol. The van der Waals surface area contributed by atoms with Crippen LogP contribution in [0.15, 0.2) is 18.2 Å². The molecule has 1 atom stereocenters. The van der Waals surface area contributed by atoms with Crippen molar-refractivity contribution in [2.45, 2.75) is 6.42 Å². The summed E-state index contributed by atoms with van der Waals surface area (Å²) in [4.78, 5) is 28.1. The van der Waals surface area contributed by atoms with E-state index in [4.69, 9.17) is 11.6 Å². The van der Waals surface area contributed by atoms with Crippen LogP contribution in [0, 0.1) is 11.7 Å². The van der Waals surface area contributed by atoms with Gasteiger partial charge in [0.2, 0.25) is 5.91 Å². The summed E-state index contributed by atoms with van der Waals surface area (Å²) < 4.78 is 13.9. The van der Waals surface area contributed by atoms with Gasteiger partial charge in [-0.15, -0.1) is 0 Å². The van der Waals surface area contributed by atoms with Gasteiger partial charge in [-0.1, -0.05) is 11.6 Å². The lowest BCUT2D eigenvalue weighted by Crippen LogP contribution is -2.52. The van der Waals surface area contributed by atoms with Crippen molar-refractivity contribution in [1.29, 1.82) is 0 Å². The maximum absolute atomic E-state index is 13.9. The molecule has 2 aliphatic heterocycles. The Labute approximate surface area is 139 Å². The minimum absolute atomic E-state index is 0.0224. The number of nitrogens with zero attached hydrogens (tertiary/aromatic N) is 2. The number of carbonyl (C=O) groups excluding carboxylic acids is 2. The van der Waals surface area contributed by atoms with Gasteiger partial charge in [-0.05, 0) is 31.2 Å². The molecule has 5 nitrogen and oxygen atoms in total. The molecule has 1 aromatic rings. The van der Waals surface area contributed by atoms with E-state index in [1.807, 2.05) is 0 Å². The number of carbonyl (C=O) groups is 2. The Hall–Kier alpha value is -1.66. The monoisotopic (exact) mass is 339 g/mol. The highest BCUT2D eigenvalue weighted by molar-refractivity contribution is 6.30. The van der Waals surface area contributed by atoms with Gasteiger partial charge in [0.25, 0.3) is 5.91 Å². The van der Waals surface area contributed by atoms with E-state index in [0.29, 0.717) is 26.2 Å². The van der Waals surface area contributed by atoms with Gasteiger partial charge in [-0.3, -0.25) is 9.59 Å². The van der Waals surface area contributed by atoms with Gasteiger partial charge in [0.15, 0.2) is 0 Å².